The van der Waals surface area contributed by atoms with Crippen molar-refractivity contribution in [3.05, 3.63) is 0 Å². The van der Waals surface area contributed by atoms with Crippen LogP contribution in [0.5, 0.6) is 0 Å². The molecule has 2 aliphatic rings. The number of hydrogen-bond acceptors (Lipinski definition) is 3. The van der Waals surface area contributed by atoms with Gasteiger partial charge in [-0.2, -0.15) is 0 Å². The second kappa shape index (κ2) is 6.20. The van der Waals surface area contributed by atoms with E-state index in [1.165, 1.54) is 4.90 Å². The molecule has 20 heavy (non-hydrogen) atoms. The number of nitrogens with two attached hydrogens (primary N) is 1. The van der Waals surface area contributed by atoms with Gasteiger partial charge in [-0.05, 0) is 44.4 Å². The number of likely N-dealkylation sites (tertiary alicyclic amines) is 1. The molecule has 0 unspecified atom stereocenters. The van der Waals surface area contributed by atoms with Gasteiger partial charge in [0.2, 0.25) is 11.8 Å². The second-order valence-corrected chi connectivity index (χ2v) is 6.52. The van der Waals surface area contributed by atoms with Crippen LogP contribution in [0.2, 0.25) is 0 Å². The maximum Gasteiger partial charge on any atom is 0.230 e. The summed E-state index contributed by atoms with van der Waals surface area (Å²) in [5.41, 5.74) is 5.29. The third-order valence-corrected chi connectivity index (χ3v) is 5.31. The van der Waals surface area contributed by atoms with Crippen LogP contribution in [0.25, 0.3) is 0 Å². The quantitative estimate of drug-likeness (QED) is 0.642. The molecule has 5 heteroatoms. The minimum absolute atomic E-state index is 0.0877. The van der Waals surface area contributed by atoms with Gasteiger partial charge in [0.25, 0.3) is 0 Å². The highest BCUT2D eigenvalue weighted by atomic mass is 32.1. The van der Waals surface area contributed by atoms with Crippen molar-refractivity contribution >= 4 is 29.0 Å². The number of rotatable bonds is 3. The number of amides is 2. The lowest BCUT2D eigenvalue weighted by Crippen LogP contribution is -2.62. The van der Waals surface area contributed by atoms with E-state index in [4.69, 9.17) is 18.0 Å². The van der Waals surface area contributed by atoms with E-state index in [0.717, 1.165) is 44.9 Å². The summed E-state index contributed by atoms with van der Waals surface area (Å²) in [4.78, 5) is 26.5. The van der Waals surface area contributed by atoms with E-state index in [-0.39, 0.29) is 11.8 Å². The van der Waals surface area contributed by atoms with Gasteiger partial charge in [-0.3, -0.25) is 14.5 Å². The largest absolute Gasteiger partial charge is 0.391 e. The lowest BCUT2D eigenvalue weighted by molar-refractivity contribution is -0.150. The summed E-state index contributed by atoms with van der Waals surface area (Å²) < 4.78 is 0. The van der Waals surface area contributed by atoms with Crippen LogP contribution in [0.15, 0.2) is 0 Å². The summed E-state index contributed by atoms with van der Waals surface area (Å²) in [6, 6.07) is 0. The van der Waals surface area contributed by atoms with Gasteiger partial charge in [-0.1, -0.05) is 25.6 Å². The van der Waals surface area contributed by atoms with Crippen molar-refractivity contribution in [3.63, 3.8) is 0 Å². The van der Waals surface area contributed by atoms with E-state index >= 15 is 0 Å². The molecule has 2 fully saturated rings. The van der Waals surface area contributed by atoms with Crippen LogP contribution >= 0.6 is 12.2 Å². The maximum atomic E-state index is 12.4. The SMILES string of the molecule is CCC1CCC(C(N)=S)(N2C(=O)CCCCC2=O)CC1. The molecule has 0 aromatic carbocycles. The topological polar surface area (TPSA) is 63.4 Å². The molecule has 0 aromatic heterocycles. The number of carbonyl (C=O) groups is 2. The van der Waals surface area contributed by atoms with Gasteiger partial charge in [-0.15, -0.1) is 0 Å². The van der Waals surface area contributed by atoms with Crippen LogP contribution in [-0.2, 0) is 9.59 Å². The normalized spacial score (nSPS) is 32.0. The van der Waals surface area contributed by atoms with Crippen molar-refractivity contribution in [2.24, 2.45) is 11.7 Å². The molecule has 0 radical (unpaired) electrons. The number of hydrogen-bond donors (Lipinski definition) is 1. The Bertz CT molecular complexity index is 396. The fourth-order valence-electron chi connectivity index (χ4n) is 3.54. The molecular formula is C15H24N2O2S. The first-order valence-electron chi connectivity index (χ1n) is 7.67. The molecule has 0 spiro atoms. The summed E-state index contributed by atoms with van der Waals surface area (Å²) in [6.07, 6.45) is 7.03. The number of nitrogens with zero attached hydrogens (tertiary/aromatic N) is 1. The summed E-state index contributed by atoms with van der Waals surface area (Å²) in [7, 11) is 0. The highest BCUT2D eigenvalue weighted by Gasteiger charge is 2.47. The van der Waals surface area contributed by atoms with Crippen LogP contribution in [0.1, 0.15) is 64.7 Å². The molecule has 0 aromatic rings. The lowest BCUT2D eigenvalue weighted by atomic mass is 9.74. The Balaban J connectivity index is 2.29. The summed E-state index contributed by atoms with van der Waals surface area (Å²) in [5, 5.41) is 0. The van der Waals surface area contributed by atoms with Gasteiger partial charge >= 0.3 is 0 Å². The predicted octanol–water partition coefficient (Wildman–Crippen LogP) is 2.54. The van der Waals surface area contributed by atoms with Gasteiger partial charge in [0, 0.05) is 12.8 Å². The predicted molar refractivity (Wildman–Crippen MR) is 82.1 cm³/mol. The molecule has 1 aliphatic carbocycles. The van der Waals surface area contributed by atoms with Crippen molar-refractivity contribution < 1.29 is 9.59 Å². The molecule has 1 aliphatic heterocycles. The second-order valence-electron chi connectivity index (χ2n) is 6.08. The van der Waals surface area contributed by atoms with Gasteiger partial charge < -0.3 is 5.73 Å². The monoisotopic (exact) mass is 296 g/mol. The van der Waals surface area contributed by atoms with Gasteiger partial charge in [0.05, 0.1) is 4.99 Å². The molecule has 1 heterocycles. The summed E-state index contributed by atoms with van der Waals surface area (Å²) in [6.45, 7) is 2.18. The number of imide groups is 1. The van der Waals surface area contributed by atoms with Gasteiger partial charge in [0.15, 0.2) is 0 Å². The first-order chi connectivity index (χ1) is 9.51. The Labute approximate surface area is 126 Å². The Morgan fingerprint density at radius 2 is 1.75 bits per heavy atom. The summed E-state index contributed by atoms with van der Waals surface area (Å²) in [5.74, 6) is 0.486. The van der Waals surface area contributed by atoms with Crippen molar-refractivity contribution in [3.8, 4) is 0 Å². The molecule has 2 rings (SSSR count). The highest BCUT2D eigenvalue weighted by Crippen LogP contribution is 2.39. The fourth-order valence-corrected chi connectivity index (χ4v) is 3.83. The Morgan fingerprint density at radius 1 is 1.25 bits per heavy atom. The Hall–Kier alpha value is -0.970. The average molecular weight is 296 g/mol. The zero-order valence-electron chi connectivity index (χ0n) is 12.2. The third-order valence-electron chi connectivity index (χ3n) is 4.93. The molecule has 2 N–H and O–H groups in total. The van der Waals surface area contributed by atoms with Crippen molar-refractivity contribution in [1.82, 2.24) is 4.90 Å². The smallest absolute Gasteiger partial charge is 0.230 e. The van der Waals surface area contributed by atoms with Gasteiger partial charge in [-0.25, -0.2) is 0 Å². The van der Waals surface area contributed by atoms with E-state index < -0.39 is 5.54 Å². The molecule has 1 saturated carbocycles. The first kappa shape index (κ1) is 15.4. The van der Waals surface area contributed by atoms with Crippen molar-refractivity contribution in [1.29, 1.82) is 0 Å². The average Bonchev–Trinajstić information content (AvgIpc) is 2.60. The van der Waals surface area contributed by atoms with Gasteiger partial charge in [0.1, 0.15) is 5.54 Å². The van der Waals surface area contributed by atoms with E-state index in [0.29, 0.717) is 23.7 Å². The zero-order valence-corrected chi connectivity index (χ0v) is 13.0. The van der Waals surface area contributed by atoms with E-state index in [9.17, 15) is 9.59 Å². The molecule has 112 valence electrons. The van der Waals surface area contributed by atoms with Crippen LogP contribution in [0.3, 0.4) is 0 Å². The third kappa shape index (κ3) is 2.73. The van der Waals surface area contributed by atoms with Crippen LogP contribution < -0.4 is 5.73 Å². The Morgan fingerprint density at radius 3 is 2.15 bits per heavy atom. The molecule has 1 saturated heterocycles. The zero-order chi connectivity index (χ0) is 14.8. The molecule has 0 atom stereocenters. The highest BCUT2D eigenvalue weighted by molar-refractivity contribution is 7.80. The minimum atomic E-state index is -0.695. The first-order valence-corrected chi connectivity index (χ1v) is 8.08. The standard InChI is InChI=1S/C15H24N2O2S/c1-2-11-7-9-15(10-8-11,14(16)20)17-12(18)5-3-4-6-13(17)19/h11H,2-10H2,1H3,(H2,16,20). The molecular weight excluding hydrogens is 272 g/mol. The van der Waals surface area contributed by atoms with Crippen LogP contribution in [-0.4, -0.2) is 27.2 Å². The van der Waals surface area contributed by atoms with E-state index in [1.807, 2.05) is 0 Å². The minimum Gasteiger partial charge on any atom is -0.391 e. The fraction of sp³-hybridized carbons (Fsp3) is 0.800. The molecule has 2 amide bonds. The lowest BCUT2D eigenvalue weighted by Gasteiger charge is -2.45. The van der Waals surface area contributed by atoms with Crippen LogP contribution in [0.4, 0.5) is 0 Å². The Kier molecular flexibility index (Phi) is 4.78. The number of carbonyl (C=O) groups excluding carboxylic acids is 2. The number of thiocarbonyl (C=S) groups is 1. The maximum absolute atomic E-state index is 12.4. The molecule has 0 bridgehead atoms. The van der Waals surface area contributed by atoms with Crippen molar-refractivity contribution in [2.45, 2.75) is 70.3 Å². The van der Waals surface area contributed by atoms with E-state index in [2.05, 4.69) is 6.92 Å². The van der Waals surface area contributed by atoms with Crippen LogP contribution in [0, 0.1) is 5.92 Å². The van der Waals surface area contributed by atoms with E-state index in [1.54, 1.807) is 0 Å². The molecule has 4 nitrogen and oxygen atoms in total. The summed E-state index contributed by atoms with van der Waals surface area (Å²) >= 11 is 5.27. The van der Waals surface area contributed by atoms with Crippen molar-refractivity contribution in [2.75, 3.05) is 0 Å².